The first-order valence-corrected chi connectivity index (χ1v) is 9.76. The minimum absolute atomic E-state index is 0.0306. The van der Waals surface area contributed by atoms with Gasteiger partial charge in [-0.25, -0.2) is 0 Å². The van der Waals surface area contributed by atoms with Gasteiger partial charge in [0, 0.05) is 22.7 Å². The minimum Gasteiger partial charge on any atom is -0.508 e. The van der Waals surface area contributed by atoms with Crippen molar-refractivity contribution in [2.75, 3.05) is 4.90 Å². The van der Waals surface area contributed by atoms with Crippen molar-refractivity contribution in [1.82, 2.24) is 5.32 Å². The molecule has 1 unspecified atom stereocenters. The molecule has 0 bridgehead atoms. The molecular formula is C21H28N4O3S. The average Bonchev–Trinajstić information content (AvgIpc) is 2.62. The van der Waals surface area contributed by atoms with Crippen LogP contribution in [0.15, 0.2) is 41.3 Å². The Bertz CT molecular complexity index is 898. The molecule has 0 fully saturated rings. The Hall–Kier alpha value is -2.71. The van der Waals surface area contributed by atoms with Gasteiger partial charge < -0.3 is 26.2 Å². The zero-order valence-corrected chi connectivity index (χ0v) is 17.9. The van der Waals surface area contributed by atoms with E-state index in [0.29, 0.717) is 11.3 Å². The number of benzene rings is 2. The van der Waals surface area contributed by atoms with E-state index in [4.69, 9.17) is 11.1 Å². The van der Waals surface area contributed by atoms with E-state index in [0.717, 1.165) is 4.90 Å². The van der Waals surface area contributed by atoms with Crippen LogP contribution in [-0.2, 0) is 4.79 Å². The molecule has 0 radical (unpaired) electrons. The molecule has 7 nitrogen and oxygen atoms in total. The second-order valence-electron chi connectivity index (χ2n) is 7.43. The van der Waals surface area contributed by atoms with Crippen molar-refractivity contribution < 1.29 is 15.0 Å². The fourth-order valence-corrected chi connectivity index (χ4v) is 3.05. The van der Waals surface area contributed by atoms with Crippen molar-refractivity contribution in [3.63, 3.8) is 0 Å². The Morgan fingerprint density at radius 1 is 1.10 bits per heavy atom. The van der Waals surface area contributed by atoms with Gasteiger partial charge in [0.1, 0.15) is 17.3 Å². The molecule has 0 aliphatic heterocycles. The maximum absolute atomic E-state index is 12.6. The number of nitrogens with one attached hydrogen (secondary N) is 2. The topological polar surface area (TPSA) is 123 Å². The van der Waals surface area contributed by atoms with Gasteiger partial charge in [0.2, 0.25) is 0 Å². The number of amidine groups is 1. The molecule has 0 saturated heterocycles. The monoisotopic (exact) mass is 416 g/mol. The van der Waals surface area contributed by atoms with E-state index in [1.807, 2.05) is 27.7 Å². The van der Waals surface area contributed by atoms with E-state index in [1.54, 1.807) is 30.3 Å². The van der Waals surface area contributed by atoms with Crippen LogP contribution in [0.2, 0.25) is 0 Å². The van der Waals surface area contributed by atoms with E-state index >= 15 is 0 Å². The largest absolute Gasteiger partial charge is 0.508 e. The van der Waals surface area contributed by atoms with Crippen LogP contribution in [0.3, 0.4) is 0 Å². The maximum atomic E-state index is 12.6. The Morgan fingerprint density at radius 2 is 1.69 bits per heavy atom. The molecule has 1 amide bonds. The first-order valence-electron chi connectivity index (χ1n) is 9.32. The summed E-state index contributed by atoms with van der Waals surface area (Å²) < 4.78 is 0. The first-order chi connectivity index (χ1) is 13.5. The second-order valence-corrected chi connectivity index (χ2v) is 7.94. The summed E-state index contributed by atoms with van der Waals surface area (Å²) in [5, 5.41) is 32.0. The van der Waals surface area contributed by atoms with Gasteiger partial charge in [-0.15, -0.1) is 12.6 Å². The Labute approximate surface area is 176 Å². The zero-order chi connectivity index (χ0) is 21.9. The minimum atomic E-state index is -1.20. The van der Waals surface area contributed by atoms with Crippen LogP contribution in [0.5, 0.6) is 11.5 Å². The standard InChI is InChI=1S/C21H28N4O3S/c1-11(2)15-9-16(18(27)10-17(15)26)19(22)25(13-5-7-14(29)8-6-13)20(23)21(28)24-12(3)4/h5-12,20,22,26-27,29H,23H2,1-4H3,(H,24,28). The molecule has 8 heteroatoms. The Morgan fingerprint density at radius 3 is 2.21 bits per heavy atom. The number of nitrogens with zero attached hydrogens (tertiary/aromatic N) is 1. The van der Waals surface area contributed by atoms with Crippen LogP contribution < -0.4 is 16.0 Å². The lowest BCUT2D eigenvalue weighted by Crippen LogP contribution is -2.56. The van der Waals surface area contributed by atoms with Crippen LogP contribution in [0.4, 0.5) is 5.69 Å². The van der Waals surface area contributed by atoms with Crippen molar-refractivity contribution in [3.05, 3.63) is 47.5 Å². The third-order valence-electron chi connectivity index (χ3n) is 4.37. The first kappa shape index (κ1) is 22.6. The van der Waals surface area contributed by atoms with Gasteiger partial charge in [-0.05, 0) is 55.7 Å². The molecular weight excluding hydrogens is 388 g/mol. The summed E-state index contributed by atoms with van der Waals surface area (Å²) in [6, 6.07) is 9.46. The highest BCUT2D eigenvalue weighted by Gasteiger charge is 2.29. The molecule has 2 rings (SSSR count). The lowest BCUT2D eigenvalue weighted by molar-refractivity contribution is -0.122. The number of aromatic hydroxyl groups is 2. The molecule has 0 saturated carbocycles. The summed E-state index contributed by atoms with van der Waals surface area (Å²) in [5.41, 5.74) is 7.46. The smallest absolute Gasteiger partial charge is 0.258 e. The second kappa shape index (κ2) is 9.19. The van der Waals surface area contributed by atoms with Gasteiger partial charge in [0.15, 0.2) is 6.17 Å². The quantitative estimate of drug-likeness (QED) is 0.187. The number of phenolic OH excluding ortho intramolecular Hbond substituents is 2. The number of thiol groups is 1. The van der Waals surface area contributed by atoms with Crippen molar-refractivity contribution in [3.8, 4) is 11.5 Å². The van der Waals surface area contributed by atoms with E-state index in [1.165, 1.54) is 11.0 Å². The molecule has 29 heavy (non-hydrogen) atoms. The Kier molecular flexibility index (Phi) is 7.16. The van der Waals surface area contributed by atoms with E-state index in [9.17, 15) is 15.0 Å². The number of carbonyl (C=O) groups is 1. The van der Waals surface area contributed by atoms with Gasteiger partial charge in [-0.1, -0.05) is 13.8 Å². The summed E-state index contributed by atoms with van der Waals surface area (Å²) in [6.45, 7) is 7.42. The van der Waals surface area contributed by atoms with Crippen LogP contribution in [0.25, 0.3) is 0 Å². The number of rotatable bonds is 6. The van der Waals surface area contributed by atoms with Gasteiger partial charge in [-0.2, -0.15) is 0 Å². The fraction of sp³-hybridized carbons (Fsp3) is 0.333. The van der Waals surface area contributed by atoms with Crippen molar-refractivity contribution in [1.29, 1.82) is 5.41 Å². The number of nitrogens with two attached hydrogens (primary N) is 1. The zero-order valence-electron chi connectivity index (χ0n) is 17.0. The summed E-state index contributed by atoms with van der Waals surface area (Å²) in [6.07, 6.45) is -1.20. The average molecular weight is 417 g/mol. The van der Waals surface area contributed by atoms with Gasteiger partial charge in [0.05, 0.1) is 5.56 Å². The van der Waals surface area contributed by atoms with E-state index < -0.39 is 12.1 Å². The predicted octanol–water partition coefficient (Wildman–Crippen LogP) is 3.15. The number of hydrogen-bond acceptors (Lipinski definition) is 6. The number of carbonyl (C=O) groups excluding carboxylic acids is 1. The molecule has 156 valence electrons. The van der Waals surface area contributed by atoms with Crippen molar-refractivity contribution in [2.45, 2.75) is 50.7 Å². The molecule has 2 aromatic rings. The highest BCUT2D eigenvalue weighted by Crippen LogP contribution is 2.34. The third kappa shape index (κ3) is 5.21. The number of hydrogen-bond donors (Lipinski definition) is 6. The van der Waals surface area contributed by atoms with Crippen molar-refractivity contribution >= 4 is 30.1 Å². The van der Waals surface area contributed by atoms with Crippen LogP contribution in [-0.4, -0.2) is 34.2 Å². The van der Waals surface area contributed by atoms with Crippen molar-refractivity contribution in [2.24, 2.45) is 5.73 Å². The lowest BCUT2D eigenvalue weighted by atomic mass is 9.98. The van der Waals surface area contributed by atoms with E-state index in [-0.39, 0.29) is 34.9 Å². The number of anilines is 1. The molecule has 0 aliphatic rings. The van der Waals surface area contributed by atoms with Crippen LogP contribution in [0, 0.1) is 5.41 Å². The summed E-state index contributed by atoms with van der Waals surface area (Å²) >= 11 is 4.27. The van der Waals surface area contributed by atoms with Gasteiger partial charge >= 0.3 is 0 Å². The summed E-state index contributed by atoms with van der Waals surface area (Å²) in [4.78, 5) is 14.6. The normalized spacial score (nSPS) is 12.1. The summed E-state index contributed by atoms with van der Waals surface area (Å²) in [7, 11) is 0. The summed E-state index contributed by atoms with van der Waals surface area (Å²) in [5.74, 6) is -0.979. The molecule has 1 atom stereocenters. The SMILES string of the molecule is CC(C)NC(=O)C(N)N(C(=N)c1cc(C(C)C)c(O)cc1O)c1ccc(S)cc1. The molecule has 0 aromatic heterocycles. The molecule has 0 spiro atoms. The van der Waals surface area contributed by atoms with Gasteiger partial charge in [-0.3, -0.25) is 10.2 Å². The van der Waals surface area contributed by atoms with Gasteiger partial charge in [0.25, 0.3) is 5.91 Å². The molecule has 2 aromatic carbocycles. The van der Waals surface area contributed by atoms with Crippen LogP contribution >= 0.6 is 12.6 Å². The Balaban J connectivity index is 2.56. The fourth-order valence-electron chi connectivity index (χ4n) is 2.91. The number of phenols is 2. The molecule has 6 N–H and O–H groups in total. The number of amides is 1. The molecule has 0 heterocycles. The van der Waals surface area contributed by atoms with E-state index in [2.05, 4.69) is 17.9 Å². The molecule has 0 aliphatic carbocycles. The predicted molar refractivity (Wildman–Crippen MR) is 118 cm³/mol. The lowest BCUT2D eigenvalue weighted by Gasteiger charge is -2.31. The highest BCUT2D eigenvalue weighted by atomic mass is 32.1. The highest BCUT2D eigenvalue weighted by molar-refractivity contribution is 7.80. The van der Waals surface area contributed by atoms with Crippen LogP contribution in [0.1, 0.15) is 44.7 Å². The maximum Gasteiger partial charge on any atom is 0.258 e. The third-order valence-corrected chi connectivity index (χ3v) is 4.67.